The van der Waals surface area contributed by atoms with Crippen molar-refractivity contribution >= 4 is 11.9 Å². The van der Waals surface area contributed by atoms with E-state index in [2.05, 4.69) is 12.2 Å². The van der Waals surface area contributed by atoms with Gasteiger partial charge in [0.15, 0.2) is 0 Å². The highest BCUT2D eigenvalue weighted by Crippen LogP contribution is 2.24. The quantitative estimate of drug-likeness (QED) is 0.603. The molecule has 3 unspecified atom stereocenters. The van der Waals surface area contributed by atoms with Crippen LogP contribution in [0.4, 0.5) is 0 Å². The van der Waals surface area contributed by atoms with E-state index in [0.29, 0.717) is 18.9 Å². The van der Waals surface area contributed by atoms with Gasteiger partial charge in [-0.1, -0.05) is 19.8 Å². The fourth-order valence-corrected chi connectivity index (χ4v) is 2.97. The van der Waals surface area contributed by atoms with E-state index in [1.807, 2.05) is 0 Å². The average molecular weight is 284 g/mol. The highest BCUT2D eigenvalue weighted by Gasteiger charge is 2.27. The highest BCUT2D eigenvalue weighted by molar-refractivity contribution is 5.78. The van der Waals surface area contributed by atoms with Crippen LogP contribution in [0.15, 0.2) is 0 Å². The number of aliphatic carboxylic acids is 1. The molecule has 0 aromatic carbocycles. The van der Waals surface area contributed by atoms with Gasteiger partial charge in [-0.15, -0.1) is 0 Å². The Bertz CT molecular complexity index is 320. The van der Waals surface area contributed by atoms with E-state index in [1.54, 1.807) is 0 Å². The molecule has 1 amide bonds. The Morgan fingerprint density at radius 2 is 2.05 bits per heavy atom. The zero-order chi connectivity index (χ0) is 15.0. The number of carbonyl (C=O) groups excluding carboxylic acids is 1. The van der Waals surface area contributed by atoms with Gasteiger partial charge < -0.3 is 16.2 Å². The standard InChI is InChI=1S/C15H28N2O3/c1-2-3-11(4-7-14(18)19)8-9-17-15(20)12-5-6-13(16)10-12/h11-13H,2-10,16H2,1H3,(H,17,20)(H,18,19). The van der Waals surface area contributed by atoms with Gasteiger partial charge in [-0.05, 0) is 38.0 Å². The molecular weight excluding hydrogens is 256 g/mol. The molecule has 1 aliphatic rings. The topological polar surface area (TPSA) is 92.4 Å². The molecule has 1 rings (SSSR count). The predicted molar refractivity (Wildman–Crippen MR) is 78.2 cm³/mol. The molecule has 20 heavy (non-hydrogen) atoms. The monoisotopic (exact) mass is 284 g/mol. The van der Waals surface area contributed by atoms with Gasteiger partial charge in [0, 0.05) is 24.9 Å². The Balaban J connectivity index is 2.21. The molecule has 0 aromatic heterocycles. The minimum absolute atomic E-state index is 0.0774. The van der Waals surface area contributed by atoms with Gasteiger partial charge in [0.2, 0.25) is 5.91 Å². The van der Waals surface area contributed by atoms with Gasteiger partial charge in [0.05, 0.1) is 0 Å². The Kier molecular flexibility index (Phi) is 7.59. The van der Waals surface area contributed by atoms with Crippen LogP contribution in [-0.4, -0.2) is 29.6 Å². The first-order valence-corrected chi connectivity index (χ1v) is 7.78. The third kappa shape index (κ3) is 6.37. The first-order valence-electron chi connectivity index (χ1n) is 7.78. The van der Waals surface area contributed by atoms with Crippen LogP contribution in [0.1, 0.15) is 58.3 Å². The van der Waals surface area contributed by atoms with Crippen LogP contribution in [0.25, 0.3) is 0 Å². The lowest BCUT2D eigenvalue weighted by molar-refractivity contribution is -0.137. The van der Waals surface area contributed by atoms with Gasteiger partial charge >= 0.3 is 5.97 Å². The molecule has 0 saturated heterocycles. The van der Waals surface area contributed by atoms with Crippen LogP contribution in [0.2, 0.25) is 0 Å². The highest BCUT2D eigenvalue weighted by atomic mass is 16.4. The van der Waals surface area contributed by atoms with Crippen molar-refractivity contribution in [1.82, 2.24) is 5.32 Å². The SMILES string of the molecule is CCCC(CCNC(=O)C1CCC(N)C1)CCC(=O)O. The van der Waals surface area contributed by atoms with Crippen LogP contribution >= 0.6 is 0 Å². The van der Waals surface area contributed by atoms with Crippen molar-refractivity contribution in [3.8, 4) is 0 Å². The van der Waals surface area contributed by atoms with Crippen LogP contribution in [0, 0.1) is 11.8 Å². The van der Waals surface area contributed by atoms with Crippen molar-refractivity contribution in [2.75, 3.05) is 6.54 Å². The number of rotatable bonds is 9. The molecule has 5 nitrogen and oxygen atoms in total. The van der Waals surface area contributed by atoms with Crippen molar-refractivity contribution in [2.45, 2.75) is 64.3 Å². The zero-order valence-corrected chi connectivity index (χ0v) is 12.4. The van der Waals surface area contributed by atoms with Gasteiger partial charge in [0.1, 0.15) is 0 Å². The minimum Gasteiger partial charge on any atom is -0.481 e. The lowest BCUT2D eigenvalue weighted by Crippen LogP contribution is -2.32. The first kappa shape index (κ1) is 17.0. The summed E-state index contributed by atoms with van der Waals surface area (Å²) in [4.78, 5) is 22.5. The fourth-order valence-electron chi connectivity index (χ4n) is 2.97. The molecule has 4 N–H and O–H groups in total. The molecule has 1 fully saturated rings. The first-order chi connectivity index (χ1) is 9.52. The van der Waals surface area contributed by atoms with E-state index < -0.39 is 5.97 Å². The van der Waals surface area contributed by atoms with Gasteiger partial charge in [0.25, 0.3) is 0 Å². The van der Waals surface area contributed by atoms with E-state index in [0.717, 1.165) is 38.5 Å². The fraction of sp³-hybridized carbons (Fsp3) is 0.867. The summed E-state index contributed by atoms with van der Waals surface area (Å²) in [5.41, 5.74) is 5.81. The van der Waals surface area contributed by atoms with Crippen molar-refractivity contribution in [2.24, 2.45) is 17.6 Å². The van der Waals surface area contributed by atoms with Gasteiger partial charge in [-0.2, -0.15) is 0 Å². The smallest absolute Gasteiger partial charge is 0.303 e. The van der Waals surface area contributed by atoms with Gasteiger partial charge in [-0.25, -0.2) is 0 Å². The summed E-state index contributed by atoms with van der Waals surface area (Å²) in [6, 6.07) is 0.175. The molecule has 116 valence electrons. The van der Waals surface area contributed by atoms with E-state index in [1.165, 1.54) is 0 Å². The molecular formula is C15H28N2O3. The lowest BCUT2D eigenvalue weighted by atomic mass is 9.94. The normalized spacial score (nSPS) is 23.5. The Morgan fingerprint density at radius 3 is 2.60 bits per heavy atom. The van der Waals surface area contributed by atoms with Crippen molar-refractivity contribution in [1.29, 1.82) is 0 Å². The van der Waals surface area contributed by atoms with Crippen LogP contribution in [0.3, 0.4) is 0 Å². The molecule has 0 bridgehead atoms. The molecule has 0 aliphatic heterocycles. The number of amides is 1. The van der Waals surface area contributed by atoms with E-state index in [9.17, 15) is 9.59 Å². The number of nitrogens with one attached hydrogen (secondary N) is 1. The summed E-state index contributed by atoms with van der Waals surface area (Å²) in [6.07, 6.45) is 6.49. The summed E-state index contributed by atoms with van der Waals surface area (Å²) < 4.78 is 0. The number of hydrogen-bond donors (Lipinski definition) is 3. The molecule has 3 atom stereocenters. The molecule has 1 saturated carbocycles. The van der Waals surface area contributed by atoms with E-state index in [4.69, 9.17) is 10.8 Å². The molecule has 1 aliphatic carbocycles. The van der Waals surface area contributed by atoms with Crippen molar-refractivity contribution in [3.63, 3.8) is 0 Å². The van der Waals surface area contributed by atoms with Crippen LogP contribution in [-0.2, 0) is 9.59 Å². The van der Waals surface area contributed by atoms with Crippen molar-refractivity contribution in [3.05, 3.63) is 0 Å². The zero-order valence-electron chi connectivity index (χ0n) is 12.4. The Labute approximate surface area is 121 Å². The van der Waals surface area contributed by atoms with Crippen LogP contribution in [0.5, 0.6) is 0 Å². The Morgan fingerprint density at radius 1 is 1.30 bits per heavy atom. The number of carboxylic acid groups (broad SMARTS) is 1. The number of nitrogens with two attached hydrogens (primary N) is 1. The van der Waals surface area contributed by atoms with Crippen LogP contribution < -0.4 is 11.1 Å². The largest absolute Gasteiger partial charge is 0.481 e. The maximum Gasteiger partial charge on any atom is 0.303 e. The maximum absolute atomic E-state index is 11.9. The summed E-state index contributed by atoms with van der Waals surface area (Å²) in [7, 11) is 0. The van der Waals surface area contributed by atoms with E-state index in [-0.39, 0.29) is 24.3 Å². The Hall–Kier alpha value is -1.10. The summed E-state index contributed by atoms with van der Waals surface area (Å²) in [5.74, 6) is -0.155. The number of carboxylic acids is 1. The second-order valence-corrected chi connectivity index (χ2v) is 5.94. The molecule has 0 aromatic rings. The third-order valence-electron chi connectivity index (χ3n) is 4.16. The molecule has 5 heteroatoms. The number of carbonyl (C=O) groups is 2. The second kappa shape index (κ2) is 8.95. The van der Waals surface area contributed by atoms with Crippen molar-refractivity contribution < 1.29 is 14.7 Å². The predicted octanol–water partition coefficient (Wildman–Crippen LogP) is 1.90. The molecule has 0 heterocycles. The molecule has 0 radical (unpaired) electrons. The summed E-state index contributed by atoms with van der Waals surface area (Å²) >= 11 is 0. The van der Waals surface area contributed by atoms with Gasteiger partial charge in [-0.3, -0.25) is 9.59 Å². The summed E-state index contributed by atoms with van der Waals surface area (Å²) in [5, 5.41) is 11.7. The molecule has 0 spiro atoms. The average Bonchev–Trinajstić information content (AvgIpc) is 2.82. The minimum atomic E-state index is -0.741. The second-order valence-electron chi connectivity index (χ2n) is 5.94. The maximum atomic E-state index is 11.9. The van der Waals surface area contributed by atoms with E-state index >= 15 is 0 Å². The summed E-state index contributed by atoms with van der Waals surface area (Å²) in [6.45, 7) is 2.75. The number of hydrogen-bond acceptors (Lipinski definition) is 3. The third-order valence-corrected chi connectivity index (χ3v) is 4.16. The lowest BCUT2D eigenvalue weighted by Gasteiger charge is -2.16.